The molecule has 11 heteroatoms. The first-order valence-corrected chi connectivity index (χ1v) is 9.54. The highest BCUT2D eigenvalue weighted by molar-refractivity contribution is 6.16. The number of rotatable bonds is 3. The summed E-state index contributed by atoms with van der Waals surface area (Å²) in [4.78, 5) is 24.7. The van der Waals surface area contributed by atoms with E-state index in [0.717, 1.165) is 18.2 Å². The van der Waals surface area contributed by atoms with Gasteiger partial charge in [0.2, 0.25) is 5.78 Å². The van der Waals surface area contributed by atoms with E-state index in [1.54, 1.807) is 0 Å². The smallest absolute Gasteiger partial charge is 0.335 e. The molecule has 1 fully saturated rings. The van der Waals surface area contributed by atoms with Gasteiger partial charge in [-0.2, -0.15) is 0 Å². The quantitative estimate of drug-likeness (QED) is 0.269. The highest BCUT2D eigenvalue weighted by Gasteiger charge is 2.58. The third-order valence-electron chi connectivity index (χ3n) is 5.99. The van der Waals surface area contributed by atoms with Gasteiger partial charge in [0, 0.05) is 11.1 Å². The molecule has 1 unspecified atom stereocenters. The lowest BCUT2D eigenvalue weighted by Gasteiger charge is -2.49. The standard InChI is InChI=1S/C21H20O11/c22-6-12-15(25)17(27)18(28)19(32-12)21(31)8-2-1-3-10(23)13(8)16(26)14-9(21)4-7(20(29)30)5-11(14)24/h1-5,12,15,17-19,22-25,27-28,31H,6H2,(H,29,30)/t12-,15-,17+,18-,19-,21?/m1/s1. The van der Waals surface area contributed by atoms with Crippen molar-refractivity contribution >= 4 is 11.8 Å². The lowest BCUT2D eigenvalue weighted by molar-refractivity contribution is -0.265. The molecule has 1 saturated heterocycles. The number of hydrogen-bond donors (Lipinski definition) is 8. The molecule has 2 aliphatic rings. The van der Waals surface area contributed by atoms with E-state index in [9.17, 15) is 50.4 Å². The molecular formula is C21H20O11. The number of phenolic OH excluding ortho intramolecular Hbond substituents is 2. The summed E-state index contributed by atoms with van der Waals surface area (Å²) in [5, 5.41) is 82.7. The second-order valence-electron chi connectivity index (χ2n) is 7.77. The van der Waals surface area contributed by atoms with E-state index in [1.165, 1.54) is 12.1 Å². The molecule has 8 N–H and O–H groups in total. The van der Waals surface area contributed by atoms with Crippen LogP contribution in [0.25, 0.3) is 0 Å². The Morgan fingerprint density at radius 1 is 0.969 bits per heavy atom. The number of aromatic carboxylic acids is 1. The molecule has 0 aromatic heterocycles. The fourth-order valence-corrected chi connectivity index (χ4v) is 4.41. The molecule has 1 aliphatic carbocycles. The van der Waals surface area contributed by atoms with E-state index in [0.29, 0.717) is 0 Å². The van der Waals surface area contributed by atoms with Crippen LogP contribution in [0.15, 0.2) is 30.3 Å². The Labute approximate surface area is 180 Å². The normalized spacial score (nSPS) is 31.7. The molecule has 2 aromatic carbocycles. The average molecular weight is 448 g/mol. The van der Waals surface area contributed by atoms with Gasteiger partial charge in [-0.05, 0) is 18.2 Å². The lowest BCUT2D eigenvalue weighted by atomic mass is 9.68. The topological polar surface area (TPSA) is 205 Å². The summed E-state index contributed by atoms with van der Waals surface area (Å²) in [6, 6.07) is 5.35. The Morgan fingerprint density at radius 3 is 2.25 bits per heavy atom. The van der Waals surface area contributed by atoms with Crippen molar-refractivity contribution in [2.45, 2.75) is 36.1 Å². The largest absolute Gasteiger partial charge is 0.507 e. The van der Waals surface area contributed by atoms with Gasteiger partial charge in [-0.3, -0.25) is 4.79 Å². The van der Waals surface area contributed by atoms with Gasteiger partial charge in [0.15, 0.2) is 0 Å². The monoisotopic (exact) mass is 448 g/mol. The van der Waals surface area contributed by atoms with Crippen LogP contribution in [0.2, 0.25) is 0 Å². The fraction of sp³-hybridized carbons (Fsp3) is 0.333. The number of aromatic hydroxyl groups is 2. The maximum absolute atomic E-state index is 13.1. The van der Waals surface area contributed by atoms with Gasteiger partial charge >= 0.3 is 5.97 Å². The van der Waals surface area contributed by atoms with Crippen molar-refractivity contribution in [1.82, 2.24) is 0 Å². The summed E-state index contributed by atoms with van der Waals surface area (Å²) >= 11 is 0. The van der Waals surface area contributed by atoms with Gasteiger partial charge in [-0.25, -0.2) is 4.79 Å². The molecule has 11 nitrogen and oxygen atoms in total. The first-order chi connectivity index (χ1) is 15.0. The summed E-state index contributed by atoms with van der Waals surface area (Å²) in [7, 11) is 0. The van der Waals surface area contributed by atoms with Crippen LogP contribution >= 0.6 is 0 Å². The summed E-state index contributed by atoms with van der Waals surface area (Å²) in [6.07, 6.45) is -8.91. The minimum absolute atomic E-state index is 0.290. The Bertz CT molecular complexity index is 1110. The fourth-order valence-electron chi connectivity index (χ4n) is 4.41. The van der Waals surface area contributed by atoms with Crippen molar-refractivity contribution in [3.05, 3.63) is 58.1 Å². The maximum Gasteiger partial charge on any atom is 0.335 e. The van der Waals surface area contributed by atoms with E-state index >= 15 is 0 Å². The number of carboxylic acid groups (broad SMARTS) is 1. The molecule has 0 amide bonds. The van der Waals surface area contributed by atoms with Crippen LogP contribution < -0.4 is 0 Å². The van der Waals surface area contributed by atoms with E-state index in [2.05, 4.69) is 0 Å². The molecule has 0 radical (unpaired) electrons. The zero-order valence-corrected chi connectivity index (χ0v) is 16.3. The highest BCUT2D eigenvalue weighted by Crippen LogP contribution is 2.50. The van der Waals surface area contributed by atoms with Crippen LogP contribution in [0.1, 0.15) is 37.4 Å². The van der Waals surface area contributed by atoms with Crippen LogP contribution in [0.4, 0.5) is 0 Å². The zero-order chi connectivity index (χ0) is 23.5. The van der Waals surface area contributed by atoms with E-state index in [1.807, 2.05) is 0 Å². The molecular weight excluding hydrogens is 428 g/mol. The number of benzene rings is 2. The summed E-state index contributed by atoms with van der Waals surface area (Å²) < 4.78 is 5.52. The lowest BCUT2D eigenvalue weighted by Crippen LogP contribution is -2.65. The summed E-state index contributed by atoms with van der Waals surface area (Å²) in [6.45, 7) is -0.809. The van der Waals surface area contributed by atoms with Crippen molar-refractivity contribution in [2.75, 3.05) is 6.61 Å². The van der Waals surface area contributed by atoms with Crippen molar-refractivity contribution in [3.63, 3.8) is 0 Å². The number of hydrogen-bond acceptors (Lipinski definition) is 10. The SMILES string of the molecule is O=C(O)c1cc(O)c2c(c1)C(O)([C@@H]1O[C@H](CO)[C@@H](O)[C@H](O)[C@H]1O)c1cccc(O)c1C2=O. The minimum Gasteiger partial charge on any atom is -0.507 e. The first kappa shape index (κ1) is 22.1. The third-order valence-corrected chi connectivity index (χ3v) is 5.99. The van der Waals surface area contributed by atoms with E-state index in [-0.39, 0.29) is 5.56 Å². The molecule has 1 aliphatic heterocycles. The Kier molecular flexibility index (Phi) is 5.20. The number of aliphatic hydroxyl groups is 5. The van der Waals surface area contributed by atoms with Gasteiger partial charge in [0.1, 0.15) is 47.6 Å². The van der Waals surface area contributed by atoms with Gasteiger partial charge < -0.3 is 45.6 Å². The number of ether oxygens (including phenoxy) is 1. The summed E-state index contributed by atoms with van der Waals surface area (Å²) in [5.74, 6) is -3.78. The molecule has 4 rings (SSSR count). The van der Waals surface area contributed by atoms with Gasteiger partial charge in [-0.15, -0.1) is 0 Å². The number of ketones is 1. The molecule has 0 spiro atoms. The molecule has 0 bridgehead atoms. The Hall–Kier alpha value is -3.06. The average Bonchev–Trinajstić information content (AvgIpc) is 2.75. The third kappa shape index (κ3) is 2.91. The molecule has 1 heterocycles. The Balaban J connectivity index is 2.06. The minimum atomic E-state index is -2.59. The first-order valence-electron chi connectivity index (χ1n) is 9.54. The van der Waals surface area contributed by atoms with Crippen molar-refractivity contribution in [2.24, 2.45) is 0 Å². The predicted octanol–water partition coefficient (Wildman–Crippen LogP) is -1.58. The van der Waals surface area contributed by atoms with Crippen LogP contribution in [0.5, 0.6) is 11.5 Å². The predicted molar refractivity (Wildman–Crippen MR) is 103 cm³/mol. The number of carboxylic acids is 1. The van der Waals surface area contributed by atoms with Crippen molar-refractivity contribution in [3.8, 4) is 11.5 Å². The number of carbonyl (C=O) groups is 2. The van der Waals surface area contributed by atoms with Crippen molar-refractivity contribution < 1.29 is 55.2 Å². The van der Waals surface area contributed by atoms with Crippen LogP contribution in [-0.2, 0) is 10.3 Å². The molecule has 32 heavy (non-hydrogen) atoms. The van der Waals surface area contributed by atoms with Crippen LogP contribution in [-0.4, -0.2) is 89.7 Å². The maximum atomic E-state index is 13.1. The Morgan fingerprint density at radius 2 is 1.62 bits per heavy atom. The number of phenols is 2. The second-order valence-corrected chi connectivity index (χ2v) is 7.77. The molecule has 6 atom stereocenters. The van der Waals surface area contributed by atoms with Crippen LogP contribution in [0.3, 0.4) is 0 Å². The zero-order valence-electron chi connectivity index (χ0n) is 16.3. The number of fused-ring (bicyclic) bond motifs is 2. The van der Waals surface area contributed by atoms with Gasteiger partial charge in [0.05, 0.1) is 23.3 Å². The molecule has 170 valence electrons. The number of aliphatic hydroxyl groups excluding tert-OH is 4. The number of carbonyl (C=O) groups excluding carboxylic acids is 1. The molecule has 2 aromatic rings. The van der Waals surface area contributed by atoms with E-state index in [4.69, 9.17) is 4.74 Å². The second kappa shape index (κ2) is 7.52. The summed E-state index contributed by atoms with van der Waals surface area (Å²) in [5.41, 5.74) is -4.81. The van der Waals surface area contributed by atoms with Gasteiger partial charge in [0.25, 0.3) is 0 Å². The molecule has 0 saturated carbocycles. The van der Waals surface area contributed by atoms with Crippen LogP contribution in [0, 0.1) is 0 Å². The van der Waals surface area contributed by atoms with E-state index < -0.39 is 88.2 Å². The van der Waals surface area contributed by atoms with Gasteiger partial charge in [-0.1, -0.05) is 12.1 Å². The highest BCUT2D eigenvalue weighted by atomic mass is 16.6. The van der Waals surface area contributed by atoms with Crippen molar-refractivity contribution in [1.29, 1.82) is 0 Å².